The molecule has 0 radical (unpaired) electrons. The molecule has 5 nitrogen and oxygen atoms in total. The fourth-order valence-electron chi connectivity index (χ4n) is 2.49. The van der Waals surface area contributed by atoms with Crippen LogP contribution in [0.5, 0.6) is 5.75 Å². The zero-order chi connectivity index (χ0) is 17.3. The van der Waals surface area contributed by atoms with Crippen LogP contribution >= 0.6 is 0 Å². The monoisotopic (exact) mass is 332 g/mol. The first-order valence-corrected chi connectivity index (χ1v) is 7.60. The number of hydrogen-bond acceptors (Lipinski definition) is 3. The highest BCUT2D eigenvalue weighted by atomic mass is 19.1. The molecule has 1 aromatic carbocycles. The molecule has 24 heavy (non-hydrogen) atoms. The summed E-state index contributed by atoms with van der Waals surface area (Å²) in [6, 6.07) is 6.18. The molecule has 126 valence electrons. The molecule has 0 saturated carbocycles. The van der Waals surface area contributed by atoms with E-state index in [1.807, 2.05) is 13.8 Å². The van der Waals surface area contributed by atoms with Crippen LogP contribution < -0.4 is 4.74 Å². The molecule has 0 saturated heterocycles. The van der Waals surface area contributed by atoms with Crippen molar-refractivity contribution in [2.45, 2.75) is 26.3 Å². The van der Waals surface area contributed by atoms with E-state index < -0.39 is 5.82 Å². The molecule has 2 aromatic heterocycles. The van der Waals surface area contributed by atoms with Crippen LogP contribution in [0.15, 0.2) is 30.5 Å². The van der Waals surface area contributed by atoms with Crippen molar-refractivity contribution in [3.8, 4) is 17.3 Å². The maximum absolute atomic E-state index is 13.8. The van der Waals surface area contributed by atoms with Gasteiger partial charge in [-0.2, -0.15) is 5.10 Å². The average molecular weight is 332 g/mol. The van der Waals surface area contributed by atoms with Crippen LogP contribution in [-0.4, -0.2) is 26.9 Å². The van der Waals surface area contributed by atoms with Crippen LogP contribution in [0.25, 0.3) is 11.5 Å². The van der Waals surface area contributed by atoms with Crippen molar-refractivity contribution in [3.05, 3.63) is 53.5 Å². The van der Waals surface area contributed by atoms with E-state index in [-0.39, 0.29) is 17.6 Å². The van der Waals surface area contributed by atoms with Crippen LogP contribution in [0.1, 0.15) is 31.3 Å². The predicted octanol–water partition coefficient (Wildman–Crippen LogP) is 3.73. The molecule has 0 aliphatic carbocycles. The van der Waals surface area contributed by atoms with Crippen molar-refractivity contribution in [3.63, 3.8) is 0 Å². The fourth-order valence-corrected chi connectivity index (χ4v) is 2.49. The predicted molar refractivity (Wildman–Crippen MR) is 85.9 cm³/mol. The first kappa shape index (κ1) is 16.2. The van der Waals surface area contributed by atoms with E-state index >= 15 is 0 Å². The maximum atomic E-state index is 13.8. The number of nitrogens with zero attached hydrogens (tertiary/aromatic N) is 3. The average Bonchev–Trinajstić information content (AvgIpc) is 3.14. The Morgan fingerprint density at radius 3 is 2.62 bits per heavy atom. The van der Waals surface area contributed by atoms with Crippen molar-refractivity contribution in [2.75, 3.05) is 7.11 Å². The summed E-state index contributed by atoms with van der Waals surface area (Å²) in [7, 11) is 1.42. The molecule has 0 aliphatic rings. The third-order valence-electron chi connectivity index (χ3n) is 3.63. The van der Waals surface area contributed by atoms with Crippen LogP contribution in [0.4, 0.5) is 8.78 Å². The Bertz CT molecular complexity index is 854. The van der Waals surface area contributed by atoms with Gasteiger partial charge in [0.2, 0.25) is 0 Å². The highest BCUT2D eigenvalue weighted by Gasteiger charge is 2.16. The van der Waals surface area contributed by atoms with E-state index in [0.717, 1.165) is 5.56 Å². The summed E-state index contributed by atoms with van der Waals surface area (Å²) >= 11 is 0. The lowest BCUT2D eigenvalue weighted by atomic mass is 10.1. The molecular weight excluding hydrogens is 314 g/mol. The van der Waals surface area contributed by atoms with Crippen molar-refractivity contribution in [1.29, 1.82) is 0 Å². The summed E-state index contributed by atoms with van der Waals surface area (Å²) < 4.78 is 33.7. The molecule has 3 aromatic rings. The second-order valence-electron chi connectivity index (χ2n) is 5.77. The Hall–Kier alpha value is -2.70. The Kier molecular flexibility index (Phi) is 4.33. The second kappa shape index (κ2) is 6.43. The molecule has 2 heterocycles. The SMILES string of the molecule is COc1ccc(Cc2nc(-c3cc(F)c[nH]3)n(C(C)C)n2)cc1F. The summed E-state index contributed by atoms with van der Waals surface area (Å²) in [6.07, 6.45) is 1.64. The van der Waals surface area contributed by atoms with Gasteiger partial charge in [-0.05, 0) is 31.5 Å². The molecule has 0 aliphatic heterocycles. The van der Waals surface area contributed by atoms with Gasteiger partial charge in [0.1, 0.15) is 5.82 Å². The van der Waals surface area contributed by atoms with E-state index in [2.05, 4.69) is 15.1 Å². The summed E-state index contributed by atoms with van der Waals surface area (Å²) in [5.74, 6) is 0.505. The number of rotatable bonds is 5. The Morgan fingerprint density at radius 1 is 1.25 bits per heavy atom. The number of benzene rings is 1. The van der Waals surface area contributed by atoms with Gasteiger partial charge in [0.05, 0.1) is 12.8 Å². The molecular formula is C17H18F2N4O. The van der Waals surface area contributed by atoms with Crippen molar-refractivity contribution in [1.82, 2.24) is 19.7 Å². The van der Waals surface area contributed by atoms with Gasteiger partial charge in [0, 0.05) is 24.7 Å². The summed E-state index contributed by atoms with van der Waals surface area (Å²) in [6.45, 7) is 3.93. The zero-order valence-corrected chi connectivity index (χ0v) is 13.7. The molecule has 1 N–H and O–H groups in total. The largest absolute Gasteiger partial charge is 0.494 e. The Morgan fingerprint density at radius 2 is 2.04 bits per heavy atom. The third kappa shape index (κ3) is 3.15. The van der Waals surface area contributed by atoms with E-state index in [9.17, 15) is 8.78 Å². The molecule has 0 spiro atoms. The minimum atomic E-state index is -0.426. The van der Waals surface area contributed by atoms with Gasteiger partial charge in [-0.1, -0.05) is 6.07 Å². The van der Waals surface area contributed by atoms with Crippen molar-refractivity contribution >= 4 is 0 Å². The normalized spacial score (nSPS) is 11.2. The van der Waals surface area contributed by atoms with Gasteiger partial charge in [0.25, 0.3) is 0 Å². The van der Waals surface area contributed by atoms with E-state index in [1.165, 1.54) is 25.4 Å². The van der Waals surface area contributed by atoms with Crippen molar-refractivity contribution in [2.24, 2.45) is 0 Å². The van der Waals surface area contributed by atoms with Gasteiger partial charge in [-0.15, -0.1) is 0 Å². The molecule has 0 fully saturated rings. The molecule has 0 bridgehead atoms. The van der Waals surface area contributed by atoms with Crippen LogP contribution in [0, 0.1) is 11.6 Å². The van der Waals surface area contributed by atoms with E-state index in [0.29, 0.717) is 23.8 Å². The summed E-state index contributed by atoms with van der Waals surface area (Å²) in [5, 5.41) is 4.47. The van der Waals surface area contributed by atoms with Gasteiger partial charge in [0.15, 0.2) is 23.2 Å². The number of halogens is 2. The first-order valence-electron chi connectivity index (χ1n) is 7.60. The lowest BCUT2D eigenvalue weighted by molar-refractivity contribution is 0.386. The zero-order valence-electron chi connectivity index (χ0n) is 13.7. The Labute approximate surface area is 138 Å². The molecule has 7 heteroatoms. The first-order chi connectivity index (χ1) is 11.5. The van der Waals surface area contributed by atoms with E-state index in [1.54, 1.807) is 16.8 Å². The number of H-pyrrole nitrogens is 1. The number of hydrogen-bond donors (Lipinski definition) is 1. The molecule has 0 atom stereocenters. The summed E-state index contributed by atoms with van der Waals surface area (Å²) in [4.78, 5) is 7.33. The fraction of sp³-hybridized carbons (Fsp3) is 0.294. The highest BCUT2D eigenvalue weighted by Crippen LogP contribution is 2.23. The smallest absolute Gasteiger partial charge is 0.175 e. The molecule has 0 unspecified atom stereocenters. The summed E-state index contributed by atoms with van der Waals surface area (Å²) in [5.41, 5.74) is 1.29. The number of aromatic amines is 1. The lowest BCUT2D eigenvalue weighted by Gasteiger charge is -2.07. The minimum absolute atomic E-state index is 0.0558. The highest BCUT2D eigenvalue weighted by molar-refractivity contribution is 5.50. The van der Waals surface area contributed by atoms with Gasteiger partial charge >= 0.3 is 0 Å². The molecule has 3 rings (SSSR count). The van der Waals surface area contributed by atoms with Crippen LogP contribution in [-0.2, 0) is 6.42 Å². The van der Waals surface area contributed by atoms with Gasteiger partial charge in [-0.25, -0.2) is 18.4 Å². The molecule has 0 amide bonds. The number of nitrogens with one attached hydrogen (secondary N) is 1. The second-order valence-corrected chi connectivity index (χ2v) is 5.77. The Balaban J connectivity index is 1.93. The van der Waals surface area contributed by atoms with Gasteiger partial charge in [-0.3, -0.25) is 0 Å². The third-order valence-corrected chi connectivity index (χ3v) is 3.63. The quantitative estimate of drug-likeness (QED) is 0.774. The van der Waals surface area contributed by atoms with E-state index in [4.69, 9.17) is 4.74 Å². The van der Waals surface area contributed by atoms with Gasteiger partial charge < -0.3 is 9.72 Å². The van der Waals surface area contributed by atoms with Crippen LogP contribution in [0.2, 0.25) is 0 Å². The van der Waals surface area contributed by atoms with Crippen molar-refractivity contribution < 1.29 is 13.5 Å². The number of methoxy groups -OCH3 is 1. The standard InChI is InChI=1S/C17H18F2N4O/c1-10(2)23-17(14-8-12(18)9-20-14)21-16(22-23)7-11-4-5-15(24-3)13(19)6-11/h4-6,8-10,20H,7H2,1-3H3. The topological polar surface area (TPSA) is 55.7 Å². The number of aromatic nitrogens is 4. The van der Waals surface area contributed by atoms with Crippen LogP contribution in [0.3, 0.4) is 0 Å². The maximum Gasteiger partial charge on any atom is 0.175 e. The lowest BCUT2D eigenvalue weighted by Crippen LogP contribution is -2.05. The minimum Gasteiger partial charge on any atom is -0.494 e. The number of ether oxygens (including phenoxy) is 1.